The zero-order valence-corrected chi connectivity index (χ0v) is 23.7. The molecule has 0 bridgehead atoms. The minimum absolute atomic E-state index is 0.351. The molecule has 3 aromatic carbocycles. The molecule has 0 radical (unpaired) electrons. The lowest BCUT2D eigenvalue weighted by atomic mass is 9.77. The molecule has 1 N–H and O–H groups in total. The van der Waals surface area contributed by atoms with Gasteiger partial charge in [0.05, 0.1) is 12.7 Å². The molecule has 1 aliphatic heterocycles. The van der Waals surface area contributed by atoms with Crippen molar-refractivity contribution in [1.82, 2.24) is 9.55 Å². The lowest BCUT2D eigenvalue weighted by Gasteiger charge is -2.37. The van der Waals surface area contributed by atoms with E-state index in [1.165, 1.54) is 4.57 Å². The van der Waals surface area contributed by atoms with Crippen molar-refractivity contribution in [2.75, 3.05) is 12.4 Å². The Morgan fingerprint density at radius 1 is 1.02 bits per heavy atom. The molecule has 2 heterocycles. The van der Waals surface area contributed by atoms with Gasteiger partial charge in [-0.1, -0.05) is 92.7 Å². The molecule has 41 heavy (non-hydrogen) atoms. The average Bonchev–Trinajstić information content (AvgIpc) is 3.26. The van der Waals surface area contributed by atoms with E-state index < -0.39 is 35.1 Å². The highest BCUT2D eigenvalue weighted by molar-refractivity contribution is 5.58. The molecule has 0 aliphatic carbocycles. The predicted octanol–water partition coefficient (Wildman–Crippen LogP) is 6.88. The van der Waals surface area contributed by atoms with E-state index in [0.29, 0.717) is 18.7 Å². The number of rotatable bonds is 10. The second-order valence-corrected chi connectivity index (χ2v) is 10.5. The standard InChI is InChI=1S/C34H36FN3O3/c1-5-22-33(6-2)24(3)30(35)31(41-33)38-23-21-29(36-32(38)39)37-34(25-13-9-7-10-14-25,26-15-11-8-12-16-26)27-17-19-28(40-4)20-18-27/h5,7-21,23-24,30-31H,1,6,22H2,2-4H3,(H,36,37,39)/t24-,30+,31+,33-/m0/s1. The molecule has 7 heteroatoms. The van der Waals surface area contributed by atoms with Gasteiger partial charge in [0, 0.05) is 12.1 Å². The summed E-state index contributed by atoms with van der Waals surface area (Å²) < 4.78 is 28.5. The van der Waals surface area contributed by atoms with E-state index in [-0.39, 0.29) is 0 Å². The van der Waals surface area contributed by atoms with Gasteiger partial charge in [-0.3, -0.25) is 4.57 Å². The summed E-state index contributed by atoms with van der Waals surface area (Å²) >= 11 is 0. The van der Waals surface area contributed by atoms with Gasteiger partial charge in [0.2, 0.25) is 0 Å². The molecular weight excluding hydrogens is 517 g/mol. The molecule has 1 aliphatic rings. The first-order valence-corrected chi connectivity index (χ1v) is 13.9. The van der Waals surface area contributed by atoms with Crippen LogP contribution in [0.25, 0.3) is 0 Å². The summed E-state index contributed by atoms with van der Waals surface area (Å²) in [5, 5.41) is 3.59. The molecule has 0 unspecified atom stereocenters. The van der Waals surface area contributed by atoms with Crippen LogP contribution >= 0.6 is 0 Å². The molecule has 212 valence electrons. The summed E-state index contributed by atoms with van der Waals surface area (Å²) in [5.74, 6) is 0.679. The summed E-state index contributed by atoms with van der Waals surface area (Å²) in [4.78, 5) is 17.8. The Labute approximate surface area is 240 Å². The number of benzene rings is 3. The van der Waals surface area contributed by atoms with Crippen LogP contribution in [0.2, 0.25) is 0 Å². The zero-order chi connectivity index (χ0) is 29.0. The lowest BCUT2D eigenvalue weighted by Crippen LogP contribution is -2.39. The van der Waals surface area contributed by atoms with Crippen molar-refractivity contribution in [2.45, 2.75) is 50.2 Å². The van der Waals surface area contributed by atoms with Crippen molar-refractivity contribution in [3.63, 3.8) is 0 Å². The Morgan fingerprint density at radius 3 is 2.12 bits per heavy atom. The van der Waals surface area contributed by atoms with Gasteiger partial charge in [0.1, 0.15) is 17.1 Å². The van der Waals surface area contributed by atoms with E-state index in [1.807, 2.05) is 98.8 Å². The van der Waals surface area contributed by atoms with Gasteiger partial charge in [0.15, 0.2) is 12.4 Å². The number of methoxy groups -OCH3 is 1. The van der Waals surface area contributed by atoms with Crippen molar-refractivity contribution < 1.29 is 13.9 Å². The fourth-order valence-electron chi connectivity index (χ4n) is 5.99. The summed E-state index contributed by atoms with van der Waals surface area (Å²) in [6, 6.07) is 29.5. The summed E-state index contributed by atoms with van der Waals surface area (Å²) in [6.07, 6.45) is 2.00. The molecule has 6 nitrogen and oxygen atoms in total. The third kappa shape index (κ3) is 5.06. The molecule has 0 saturated carbocycles. The number of aromatic nitrogens is 2. The van der Waals surface area contributed by atoms with Crippen molar-refractivity contribution in [3.8, 4) is 5.75 Å². The molecule has 0 amide bonds. The van der Waals surface area contributed by atoms with Gasteiger partial charge >= 0.3 is 5.69 Å². The van der Waals surface area contributed by atoms with E-state index >= 15 is 4.39 Å². The van der Waals surface area contributed by atoms with Crippen molar-refractivity contribution in [3.05, 3.63) is 137 Å². The molecule has 0 spiro atoms. The molecule has 1 aromatic heterocycles. The summed E-state index contributed by atoms with van der Waals surface area (Å²) in [5.41, 5.74) is 0.628. The number of halogens is 1. The van der Waals surface area contributed by atoms with E-state index in [0.717, 1.165) is 22.4 Å². The minimum atomic E-state index is -1.36. The number of hydrogen-bond donors (Lipinski definition) is 1. The summed E-state index contributed by atoms with van der Waals surface area (Å²) in [7, 11) is 1.63. The lowest BCUT2D eigenvalue weighted by molar-refractivity contribution is -0.0899. The van der Waals surface area contributed by atoms with Crippen LogP contribution in [-0.2, 0) is 10.3 Å². The maximum Gasteiger partial charge on any atom is 0.351 e. The van der Waals surface area contributed by atoms with Crippen LogP contribution < -0.4 is 15.7 Å². The van der Waals surface area contributed by atoms with Crippen molar-refractivity contribution >= 4 is 5.82 Å². The maximum atomic E-state index is 15.6. The first kappa shape index (κ1) is 28.3. The van der Waals surface area contributed by atoms with Crippen LogP contribution in [0, 0.1) is 5.92 Å². The molecule has 4 aromatic rings. The SMILES string of the molecule is C=CC[C@]1(CC)O[C@@H](n2ccc(NC(c3ccccc3)(c3ccccc3)c3ccc(OC)cc3)nc2=O)[C@H](F)[C@@H]1C. The number of ether oxygens (including phenoxy) is 2. The van der Waals surface area contributed by atoms with Gasteiger partial charge in [-0.2, -0.15) is 4.98 Å². The van der Waals surface area contributed by atoms with Crippen molar-refractivity contribution in [2.24, 2.45) is 5.92 Å². The van der Waals surface area contributed by atoms with Crippen LogP contribution in [0.4, 0.5) is 10.2 Å². The number of hydrogen-bond acceptors (Lipinski definition) is 5. The number of nitrogens with zero attached hydrogens (tertiary/aromatic N) is 2. The monoisotopic (exact) mass is 553 g/mol. The number of nitrogens with one attached hydrogen (secondary N) is 1. The van der Waals surface area contributed by atoms with E-state index in [4.69, 9.17) is 9.47 Å². The van der Waals surface area contributed by atoms with Crippen LogP contribution in [0.15, 0.2) is 115 Å². The molecule has 4 atom stereocenters. The van der Waals surface area contributed by atoms with Crippen LogP contribution in [0.5, 0.6) is 5.75 Å². The van der Waals surface area contributed by atoms with Gasteiger partial charge in [-0.15, -0.1) is 6.58 Å². The second kappa shape index (κ2) is 11.7. The summed E-state index contributed by atoms with van der Waals surface area (Å²) in [6.45, 7) is 7.62. The molecule has 5 rings (SSSR count). The Bertz CT molecular complexity index is 1490. The highest BCUT2D eigenvalue weighted by atomic mass is 19.1. The normalized spacial score (nSPS) is 22.3. The molecular formula is C34H36FN3O3. The van der Waals surface area contributed by atoms with Gasteiger partial charge in [0.25, 0.3) is 0 Å². The Morgan fingerprint density at radius 2 is 1.61 bits per heavy atom. The highest BCUT2D eigenvalue weighted by Crippen LogP contribution is 2.47. The third-order valence-corrected chi connectivity index (χ3v) is 8.38. The molecule has 1 fully saturated rings. The van der Waals surface area contributed by atoms with Gasteiger partial charge < -0.3 is 14.8 Å². The average molecular weight is 554 g/mol. The van der Waals surface area contributed by atoms with Crippen LogP contribution in [-0.4, -0.2) is 28.4 Å². The Kier molecular flexibility index (Phi) is 8.08. The first-order valence-electron chi connectivity index (χ1n) is 13.9. The van der Waals surface area contributed by atoms with E-state index in [2.05, 4.69) is 16.9 Å². The number of anilines is 1. The molecule has 1 saturated heterocycles. The fraction of sp³-hybridized carbons (Fsp3) is 0.294. The largest absolute Gasteiger partial charge is 0.497 e. The maximum absolute atomic E-state index is 15.6. The quantitative estimate of drug-likeness (QED) is 0.171. The van der Waals surface area contributed by atoms with Crippen molar-refractivity contribution in [1.29, 1.82) is 0 Å². The third-order valence-electron chi connectivity index (χ3n) is 8.38. The Hall–Kier alpha value is -4.23. The first-order chi connectivity index (χ1) is 19.9. The fourth-order valence-corrected chi connectivity index (χ4v) is 5.99. The van der Waals surface area contributed by atoms with Gasteiger partial charge in [-0.25, -0.2) is 9.18 Å². The highest BCUT2D eigenvalue weighted by Gasteiger charge is 2.52. The number of alkyl halides is 1. The van der Waals surface area contributed by atoms with Gasteiger partial charge in [-0.05, 0) is 47.7 Å². The topological polar surface area (TPSA) is 65.4 Å². The smallest absolute Gasteiger partial charge is 0.351 e. The zero-order valence-electron chi connectivity index (χ0n) is 23.7. The van der Waals surface area contributed by atoms with Crippen LogP contribution in [0.1, 0.15) is 49.6 Å². The minimum Gasteiger partial charge on any atom is -0.497 e. The van der Waals surface area contributed by atoms with E-state index in [9.17, 15) is 4.79 Å². The van der Waals surface area contributed by atoms with E-state index in [1.54, 1.807) is 25.4 Å². The second-order valence-electron chi connectivity index (χ2n) is 10.5. The Balaban J connectivity index is 1.60. The predicted molar refractivity (Wildman–Crippen MR) is 160 cm³/mol. The van der Waals surface area contributed by atoms with Crippen LogP contribution in [0.3, 0.4) is 0 Å².